The third-order valence-electron chi connectivity index (χ3n) is 8.75. The van der Waals surface area contributed by atoms with Crippen molar-refractivity contribution in [3.8, 4) is 0 Å². The minimum Gasteiger partial charge on any atom is -0.338 e. The summed E-state index contributed by atoms with van der Waals surface area (Å²) in [6.07, 6.45) is 4.00. The third-order valence-corrected chi connectivity index (χ3v) is 8.75. The molecule has 6 rings (SSSR count). The molecule has 2 saturated heterocycles. The molecule has 0 bridgehead atoms. The van der Waals surface area contributed by atoms with Gasteiger partial charge < -0.3 is 9.80 Å². The fourth-order valence-corrected chi connectivity index (χ4v) is 6.37. The van der Waals surface area contributed by atoms with E-state index >= 15 is 0 Å². The predicted octanol–water partition coefficient (Wildman–Crippen LogP) is 6.96. The average molecular weight is 557 g/mol. The van der Waals surface area contributed by atoms with Gasteiger partial charge in [0, 0.05) is 60.3 Å². The zero-order valence-electron chi connectivity index (χ0n) is 23.8. The standard InChI is InChI=1S/C37H36N2O3/c40-35(29-19-15-27(16-20-29)33-13-7-23-38(25-33)36(41)31-9-3-1-4-10-31)30-21-17-28(18-22-30)34-14-8-24-39(26-34)37(42)32-11-5-2-6-12-32/h1-6,9-12,15-22,33-34H,7-8,13-14,23-26H2. The van der Waals surface area contributed by atoms with Gasteiger partial charge >= 0.3 is 0 Å². The summed E-state index contributed by atoms with van der Waals surface area (Å²) in [6, 6.07) is 34.8. The maximum atomic E-state index is 13.3. The highest BCUT2D eigenvalue weighted by molar-refractivity contribution is 6.09. The van der Waals surface area contributed by atoms with E-state index in [-0.39, 0.29) is 29.4 Å². The number of hydrogen-bond donors (Lipinski definition) is 0. The molecule has 2 heterocycles. The number of benzene rings is 4. The zero-order valence-corrected chi connectivity index (χ0v) is 23.8. The van der Waals surface area contributed by atoms with Crippen molar-refractivity contribution in [3.05, 3.63) is 143 Å². The van der Waals surface area contributed by atoms with Crippen molar-refractivity contribution in [1.29, 1.82) is 0 Å². The highest BCUT2D eigenvalue weighted by Gasteiger charge is 2.27. The smallest absolute Gasteiger partial charge is 0.253 e. The van der Waals surface area contributed by atoms with Crippen LogP contribution in [0.25, 0.3) is 0 Å². The van der Waals surface area contributed by atoms with Crippen LogP contribution in [0.4, 0.5) is 0 Å². The molecule has 5 heteroatoms. The highest BCUT2D eigenvalue weighted by atomic mass is 16.2. The van der Waals surface area contributed by atoms with Crippen molar-refractivity contribution < 1.29 is 14.4 Å². The molecule has 2 aliphatic rings. The molecule has 2 unspecified atom stereocenters. The van der Waals surface area contributed by atoms with Gasteiger partial charge in [-0.3, -0.25) is 14.4 Å². The summed E-state index contributed by atoms with van der Waals surface area (Å²) in [5, 5.41) is 0. The van der Waals surface area contributed by atoms with Crippen LogP contribution in [0.5, 0.6) is 0 Å². The summed E-state index contributed by atoms with van der Waals surface area (Å²) in [5.41, 5.74) is 5.12. The number of likely N-dealkylation sites (tertiary alicyclic amines) is 2. The Morgan fingerprint density at radius 3 is 1.24 bits per heavy atom. The van der Waals surface area contributed by atoms with Crippen LogP contribution in [-0.4, -0.2) is 53.6 Å². The number of carbonyl (C=O) groups is 3. The summed E-state index contributed by atoms with van der Waals surface area (Å²) in [4.78, 5) is 43.2. The monoisotopic (exact) mass is 556 g/mol. The summed E-state index contributed by atoms with van der Waals surface area (Å²) >= 11 is 0. The summed E-state index contributed by atoms with van der Waals surface area (Å²) < 4.78 is 0. The molecule has 212 valence electrons. The van der Waals surface area contributed by atoms with Crippen LogP contribution < -0.4 is 0 Å². The van der Waals surface area contributed by atoms with Crippen LogP contribution in [0, 0.1) is 0 Å². The average Bonchev–Trinajstić information content (AvgIpc) is 3.08. The van der Waals surface area contributed by atoms with Crippen LogP contribution in [0.3, 0.4) is 0 Å². The van der Waals surface area contributed by atoms with Crippen molar-refractivity contribution in [3.63, 3.8) is 0 Å². The molecule has 2 amide bonds. The predicted molar refractivity (Wildman–Crippen MR) is 165 cm³/mol. The first-order chi connectivity index (χ1) is 20.6. The molecule has 5 nitrogen and oxygen atoms in total. The molecule has 2 atom stereocenters. The topological polar surface area (TPSA) is 57.7 Å². The van der Waals surface area contributed by atoms with Crippen molar-refractivity contribution in [2.75, 3.05) is 26.2 Å². The summed E-state index contributed by atoms with van der Waals surface area (Å²) in [7, 11) is 0. The molecule has 0 radical (unpaired) electrons. The SMILES string of the molecule is O=C(c1ccc(C2CCCN(C(=O)c3ccccc3)C2)cc1)c1ccc(C2CCCN(C(=O)c3ccccc3)C2)cc1. The van der Waals surface area contributed by atoms with Gasteiger partial charge in [0.15, 0.2) is 5.78 Å². The molecule has 4 aromatic rings. The van der Waals surface area contributed by atoms with E-state index in [0.29, 0.717) is 24.2 Å². The lowest BCUT2D eigenvalue weighted by Crippen LogP contribution is -2.39. The van der Waals surface area contributed by atoms with E-state index in [2.05, 4.69) is 0 Å². The molecular weight excluding hydrogens is 520 g/mol. The zero-order chi connectivity index (χ0) is 28.9. The van der Waals surface area contributed by atoms with Crippen molar-refractivity contribution >= 4 is 17.6 Å². The molecule has 2 aliphatic heterocycles. The van der Waals surface area contributed by atoms with Crippen LogP contribution in [-0.2, 0) is 0 Å². The Morgan fingerprint density at radius 2 is 0.857 bits per heavy atom. The Bertz CT molecular complexity index is 1410. The lowest BCUT2D eigenvalue weighted by molar-refractivity contribution is 0.0700. The summed E-state index contributed by atoms with van der Waals surface area (Å²) in [6.45, 7) is 2.94. The van der Waals surface area contributed by atoms with E-state index in [9.17, 15) is 14.4 Å². The molecule has 2 fully saturated rings. The van der Waals surface area contributed by atoms with Gasteiger partial charge in [-0.1, -0.05) is 84.9 Å². The van der Waals surface area contributed by atoms with Gasteiger partial charge in [0.05, 0.1) is 0 Å². The molecular formula is C37H36N2O3. The number of ketones is 1. The number of nitrogens with zero attached hydrogens (tertiary/aromatic N) is 2. The van der Waals surface area contributed by atoms with E-state index in [1.165, 1.54) is 11.1 Å². The van der Waals surface area contributed by atoms with Crippen molar-refractivity contribution in [1.82, 2.24) is 9.80 Å². The molecule has 0 saturated carbocycles. The normalized spacial score (nSPS) is 18.9. The highest BCUT2D eigenvalue weighted by Crippen LogP contribution is 2.30. The van der Waals surface area contributed by atoms with Gasteiger partial charge in [0.25, 0.3) is 11.8 Å². The third kappa shape index (κ3) is 6.06. The van der Waals surface area contributed by atoms with Crippen LogP contribution in [0.2, 0.25) is 0 Å². The Kier molecular flexibility index (Phi) is 8.27. The van der Waals surface area contributed by atoms with E-state index < -0.39 is 0 Å². The second-order valence-electron chi connectivity index (χ2n) is 11.5. The van der Waals surface area contributed by atoms with Gasteiger partial charge in [-0.05, 0) is 61.1 Å². The molecule has 4 aromatic carbocycles. The molecule has 0 aliphatic carbocycles. The maximum absolute atomic E-state index is 13.3. The van der Waals surface area contributed by atoms with E-state index in [4.69, 9.17) is 0 Å². The fourth-order valence-electron chi connectivity index (χ4n) is 6.37. The molecule has 0 N–H and O–H groups in total. The van der Waals surface area contributed by atoms with Crippen LogP contribution in [0.15, 0.2) is 109 Å². The Balaban J connectivity index is 1.08. The first-order valence-electron chi connectivity index (χ1n) is 15.0. The molecule has 0 spiro atoms. The van der Waals surface area contributed by atoms with Crippen molar-refractivity contribution in [2.45, 2.75) is 37.5 Å². The van der Waals surface area contributed by atoms with Gasteiger partial charge in [-0.15, -0.1) is 0 Å². The molecule has 0 aromatic heterocycles. The minimum absolute atomic E-state index is 0.00199. The fraction of sp³-hybridized carbons (Fsp3) is 0.270. The largest absolute Gasteiger partial charge is 0.338 e. The Morgan fingerprint density at radius 1 is 0.476 bits per heavy atom. The lowest BCUT2D eigenvalue weighted by atomic mass is 9.88. The van der Waals surface area contributed by atoms with Gasteiger partial charge in [-0.25, -0.2) is 0 Å². The quantitative estimate of drug-likeness (QED) is 0.241. The van der Waals surface area contributed by atoms with Crippen molar-refractivity contribution in [2.24, 2.45) is 0 Å². The second-order valence-corrected chi connectivity index (χ2v) is 11.5. The number of amides is 2. The number of hydrogen-bond acceptors (Lipinski definition) is 3. The van der Waals surface area contributed by atoms with E-state index in [0.717, 1.165) is 49.9 Å². The number of piperidine rings is 2. The first kappa shape index (κ1) is 27.6. The second kappa shape index (κ2) is 12.6. The van der Waals surface area contributed by atoms with Crippen LogP contribution >= 0.6 is 0 Å². The Hall–Kier alpha value is -4.51. The van der Waals surface area contributed by atoms with E-state index in [1.54, 1.807) is 0 Å². The minimum atomic E-state index is 0.00199. The Labute approximate surface area is 247 Å². The molecule has 42 heavy (non-hydrogen) atoms. The van der Waals surface area contributed by atoms with E-state index in [1.807, 2.05) is 119 Å². The van der Waals surface area contributed by atoms with Crippen LogP contribution in [0.1, 0.15) is 85.3 Å². The number of rotatable bonds is 6. The number of carbonyl (C=O) groups excluding carboxylic acids is 3. The van der Waals surface area contributed by atoms with Gasteiger partial charge in [0.1, 0.15) is 0 Å². The maximum Gasteiger partial charge on any atom is 0.253 e. The lowest BCUT2D eigenvalue weighted by Gasteiger charge is -2.33. The van der Waals surface area contributed by atoms with Gasteiger partial charge in [-0.2, -0.15) is 0 Å². The first-order valence-corrected chi connectivity index (χ1v) is 15.0. The summed E-state index contributed by atoms with van der Waals surface area (Å²) in [5.74, 6) is 0.693. The van der Waals surface area contributed by atoms with Gasteiger partial charge in [0.2, 0.25) is 0 Å².